The molecule has 0 saturated carbocycles. The quantitative estimate of drug-likeness (QED) is 0.817. The molecule has 0 fully saturated rings. The summed E-state index contributed by atoms with van der Waals surface area (Å²) in [7, 11) is 1.29. The number of benzene rings is 1. The molecule has 0 atom stereocenters. The van der Waals surface area contributed by atoms with Gasteiger partial charge >= 0.3 is 5.97 Å². The molecule has 7 heteroatoms. The molecule has 0 bridgehead atoms. The van der Waals surface area contributed by atoms with Gasteiger partial charge in [0.25, 0.3) is 5.91 Å². The van der Waals surface area contributed by atoms with Gasteiger partial charge in [-0.15, -0.1) is 0 Å². The number of carbonyl (C=O) groups excluding carboxylic acids is 2. The van der Waals surface area contributed by atoms with Crippen molar-refractivity contribution in [2.75, 3.05) is 20.3 Å². The Morgan fingerprint density at radius 2 is 2.05 bits per heavy atom. The molecule has 1 rings (SSSR count). The summed E-state index contributed by atoms with van der Waals surface area (Å²) in [5.41, 5.74) is 0. The van der Waals surface area contributed by atoms with Crippen molar-refractivity contribution < 1.29 is 19.1 Å². The standard InChI is InChI=1S/C12H13Cl2NO4/c1-18-12(17)4-5-15-11(16)7-19-10-3-2-8(13)6-9(10)14/h2-3,6H,4-5,7H2,1H3,(H,15,16). The number of nitrogens with one attached hydrogen (secondary N) is 1. The Labute approximate surface area is 120 Å². The number of methoxy groups -OCH3 is 1. The highest BCUT2D eigenvalue weighted by molar-refractivity contribution is 6.35. The number of halogens is 2. The minimum Gasteiger partial charge on any atom is -0.482 e. The van der Waals surface area contributed by atoms with Gasteiger partial charge in [0.05, 0.1) is 18.6 Å². The highest BCUT2D eigenvalue weighted by Crippen LogP contribution is 2.27. The van der Waals surface area contributed by atoms with E-state index < -0.39 is 0 Å². The summed E-state index contributed by atoms with van der Waals surface area (Å²) >= 11 is 11.6. The first-order chi connectivity index (χ1) is 9.02. The van der Waals surface area contributed by atoms with Gasteiger partial charge in [-0.2, -0.15) is 0 Å². The lowest BCUT2D eigenvalue weighted by molar-refractivity contribution is -0.140. The van der Waals surface area contributed by atoms with Gasteiger partial charge in [0.1, 0.15) is 5.75 Å². The van der Waals surface area contributed by atoms with Crippen LogP contribution in [0, 0.1) is 0 Å². The average molecular weight is 306 g/mol. The first kappa shape index (κ1) is 15.6. The van der Waals surface area contributed by atoms with Crippen LogP contribution in [0.3, 0.4) is 0 Å². The molecule has 104 valence electrons. The lowest BCUT2D eigenvalue weighted by atomic mass is 10.3. The van der Waals surface area contributed by atoms with Crippen molar-refractivity contribution in [3.8, 4) is 5.75 Å². The molecule has 0 radical (unpaired) electrons. The van der Waals surface area contributed by atoms with Crippen molar-refractivity contribution in [1.82, 2.24) is 5.32 Å². The number of carbonyl (C=O) groups is 2. The second kappa shape index (κ2) is 7.86. The summed E-state index contributed by atoms with van der Waals surface area (Å²) in [5.74, 6) is -0.369. The van der Waals surface area contributed by atoms with Crippen molar-refractivity contribution >= 4 is 35.1 Å². The molecule has 1 amide bonds. The fraction of sp³-hybridized carbons (Fsp3) is 0.333. The largest absolute Gasteiger partial charge is 0.482 e. The van der Waals surface area contributed by atoms with Gasteiger partial charge in [-0.1, -0.05) is 23.2 Å². The highest BCUT2D eigenvalue weighted by Gasteiger charge is 2.07. The van der Waals surface area contributed by atoms with E-state index in [9.17, 15) is 9.59 Å². The number of rotatable bonds is 6. The van der Waals surface area contributed by atoms with Gasteiger partial charge in [0.15, 0.2) is 6.61 Å². The fourth-order valence-corrected chi connectivity index (χ4v) is 1.66. The lowest BCUT2D eigenvalue weighted by Crippen LogP contribution is -2.30. The summed E-state index contributed by atoms with van der Waals surface area (Å²) in [5, 5.41) is 3.33. The van der Waals surface area contributed by atoms with Crippen LogP contribution in [0.15, 0.2) is 18.2 Å². The third-order valence-electron chi connectivity index (χ3n) is 2.13. The molecule has 0 unspecified atom stereocenters. The number of hydrogen-bond acceptors (Lipinski definition) is 4. The molecule has 19 heavy (non-hydrogen) atoms. The van der Waals surface area contributed by atoms with Crippen LogP contribution in [-0.4, -0.2) is 32.1 Å². The van der Waals surface area contributed by atoms with Gasteiger partial charge in [-0.25, -0.2) is 0 Å². The summed E-state index contributed by atoms with van der Waals surface area (Å²) in [6.07, 6.45) is 0.115. The number of esters is 1. The van der Waals surface area contributed by atoms with E-state index in [1.807, 2.05) is 0 Å². The van der Waals surface area contributed by atoms with Crippen LogP contribution in [0.25, 0.3) is 0 Å². The monoisotopic (exact) mass is 305 g/mol. The van der Waals surface area contributed by atoms with Crippen LogP contribution >= 0.6 is 23.2 Å². The Kier molecular flexibility index (Phi) is 6.45. The topological polar surface area (TPSA) is 64.6 Å². The van der Waals surface area contributed by atoms with Crippen molar-refractivity contribution in [2.45, 2.75) is 6.42 Å². The van der Waals surface area contributed by atoms with Crippen LogP contribution in [0.5, 0.6) is 5.75 Å². The maximum atomic E-state index is 11.4. The molecule has 0 aliphatic carbocycles. The van der Waals surface area contributed by atoms with Gasteiger partial charge in [0, 0.05) is 11.6 Å². The van der Waals surface area contributed by atoms with Crippen LogP contribution in [0.2, 0.25) is 10.0 Å². The number of ether oxygens (including phenoxy) is 2. The third-order valence-corrected chi connectivity index (χ3v) is 2.66. The zero-order valence-electron chi connectivity index (χ0n) is 10.2. The van der Waals surface area contributed by atoms with E-state index in [1.165, 1.54) is 13.2 Å². The first-order valence-corrected chi connectivity index (χ1v) is 6.20. The third kappa shape index (κ3) is 5.81. The molecule has 0 spiro atoms. The minimum atomic E-state index is -0.387. The Morgan fingerprint density at radius 1 is 1.32 bits per heavy atom. The van der Waals surface area contributed by atoms with E-state index >= 15 is 0 Å². The van der Waals surface area contributed by atoms with E-state index in [4.69, 9.17) is 27.9 Å². The van der Waals surface area contributed by atoms with Crippen molar-refractivity contribution in [2.24, 2.45) is 0 Å². The molecule has 0 aromatic heterocycles. The SMILES string of the molecule is COC(=O)CCNC(=O)COc1ccc(Cl)cc1Cl. The number of amides is 1. The molecule has 0 aliphatic rings. The average Bonchev–Trinajstić information content (AvgIpc) is 2.37. The molecular weight excluding hydrogens is 293 g/mol. The Bertz CT molecular complexity index is 465. The van der Waals surface area contributed by atoms with E-state index in [2.05, 4.69) is 10.1 Å². The van der Waals surface area contributed by atoms with Gasteiger partial charge in [-0.05, 0) is 18.2 Å². The van der Waals surface area contributed by atoms with E-state index in [1.54, 1.807) is 12.1 Å². The molecule has 1 aromatic rings. The van der Waals surface area contributed by atoms with Crippen LogP contribution < -0.4 is 10.1 Å². The normalized spacial score (nSPS) is 9.84. The molecular formula is C12H13Cl2NO4. The van der Waals surface area contributed by atoms with Crippen LogP contribution in [-0.2, 0) is 14.3 Å². The van der Waals surface area contributed by atoms with Crippen molar-refractivity contribution in [3.63, 3.8) is 0 Å². The van der Waals surface area contributed by atoms with E-state index in [0.717, 1.165) is 0 Å². The fourth-order valence-electron chi connectivity index (χ4n) is 1.19. The Balaban J connectivity index is 2.32. The van der Waals surface area contributed by atoms with Gasteiger partial charge < -0.3 is 14.8 Å². The second-order valence-electron chi connectivity index (χ2n) is 3.54. The van der Waals surface area contributed by atoms with Gasteiger partial charge in [-0.3, -0.25) is 9.59 Å². The van der Waals surface area contributed by atoms with Crippen molar-refractivity contribution in [3.05, 3.63) is 28.2 Å². The predicted octanol–water partition coefficient (Wildman–Crippen LogP) is 2.05. The molecule has 1 aromatic carbocycles. The zero-order valence-corrected chi connectivity index (χ0v) is 11.8. The van der Waals surface area contributed by atoms with Crippen molar-refractivity contribution in [1.29, 1.82) is 0 Å². The zero-order chi connectivity index (χ0) is 14.3. The second-order valence-corrected chi connectivity index (χ2v) is 4.38. The Morgan fingerprint density at radius 3 is 2.68 bits per heavy atom. The summed E-state index contributed by atoms with van der Waals surface area (Å²) in [6, 6.07) is 4.71. The van der Waals surface area contributed by atoms with Crippen LogP contribution in [0.1, 0.15) is 6.42 Å². The van der Waals surface area contributed by atoms with Crippen LogP contribution in [0.4, 0.5) is 0 Å². The molecule has 1 N–H and O–H groups in total. The first-order valence-electron chi connectivity index (χ1n) is 5.44. The maximum absolute atomic E-state index is 11.4. The van der Waals surface area contributed by atoms with E-state index in [0.29, 0.717) is 15.8 Å². The number of hydrogen-bond donors (Lipinski definition) is 1. The Hall–Kier alpha value is -1.46. The smallest absolute Gasteiger partial charge is 0.307 e. The molecule has 0 heterocycles. The van der Waals surface area contributed by atoms with Gasteiger partial charge in [0.2, 0.25) is 0 Å². The lowest BCUT2D eigenvalue weighted by Gasteiger charge is -2.08. The summed E-state index contributed by atoms with van der Waals surface area (Å²) < 4.78 is 9.66. The van der Waals surface area contributed by atoms with E-state index in [-0.39, 0.29) is 31.4 Å². The maximum Gasteiger partial charge on any atom is 0.307 e. The summed E-state index contributed by atoms with van der Waals surface area (Å²) in [6.45, 7) is 0.00570. The predicted molar refractivity (Wildman–Crippen MR) is 71.6 cm³/mol. The minimum absolute atomic E-state index is 0.115. The molecule has 0 saturated heterocycles. The molecule has 5 nitrogen and oxygen atoms in total. The highest BCUT2D eigenvalue weighted by atomic mass is 35.5. The summed E-state index contributed by atoms with van der Waals surface area (Å²) in [4.78, 5) is 22.2. The molecule has 0 aliphatic heterocycles.